The van der Waals surface area contributed by atoms with Gasteiger partial charge >= 0.3 is 0 Å². The maximum Gasteiger partial charge on any atom is 0.125 e. The average molecular weight is 124 g/mol. The lowest BCUT2D eigenvalue weighted by Gasteiger charge is -1.94. The van der Waals surface area contributed by atoms with E-state index >= 15 is 0 Å². The third-order valence-corrected chi connectivity index (χ3v) is 0.800. The molecule has 0 aromatic heterocycles. The highest BCUT2D eigenvalue weighted by Crippen LogP contribution is 1.87. The van der Waals surface area contributed by atoms with E-state index in [1.165, 1.54) is 0 Å². The van der Waals surface area contributed by atoms with E-state index < -0.39 is 0 Å². The van der Waals surface area contributed by atoms with E-state index in [4.69, 9.17) is 0 Å². The molecular weight excluding hydrogens is 112 g/mol. The predicted octanol–water partition coefficient (Wildman–Crippen LogP) is 1.32. The fourth-order valence-electron chi connectivity index (χ4n) is 0.442. The minimum absolute atomic E-state index is 0.826. The van der Waals surface area contributed by atoms with Crippen LogP contribution in [0.3, 0.4) is 0 Å². The second-order valence-electron chi connectivity index (χ2n) is 1.42. The first-order chi connectivity index (χ1) is 4.35. The van der Waals surface area contributed by atoms with E-state index in [1.54, 1.807) is 18.4 Å². The smallest absolute Gasteiger partial charge is 0.125 e. The van der Waals surface area contributed by atoms with Crippen molar-refractivity contribution in [1.82, 2.24) is 5.32 Å². The lowest BCUT2D eigenvalue weighted by atomic mass is 10.5. The van der Waals surface area contributed by atoms with Crippen molar-refractivity contribution in [2.75, 3.05) is 7.05 Å². The predicted molar refractivity (Wildman–Crippen MR) is 41.5 cm³/mol. The SMILES string of the molecule is C=C/C=C(\N=C/C)NC. The first kappa shape index (κ1) is 7.95. The lowest BCUT2D eigenvalue weighted by molar-refractivity contribution is 0.968. The van der Waals surface area contributed by atoms with Crippen molar-refractivity contribution in [2.24, 2.45) is 4.99 Å². The van der Waals surface area contributed by atoms with E-state index in [0.717, 1.165) is 5.82 Å². The Kier molecular flexibility index (Phi) is 4.50. The Labute approximate surface area is 56.0 Å². The summed E-state index contributed by atoms with van der Waals surface area (Å²) < 4.78 is 0. The van der Waals surface area contributed by atoms with Gasteiger partial charge in [-0.2, -0.15) is 0 Å². The number of aliphatic imine (C=N–C) groups is 1. The van der Waals surface area contributed by atoms with Crippen LogP contribution in [0.4, 0.5) is 0 Å². The van der Waals surface area contributed by atoms with E-state index in [0.29, 0.717) is 0 Å². The Morgan fingerprint density at radius 2 is 2.33 bits per heavy atom. The summed E-state index contributed by atoms with van der Waals surface area (Å²) in [5, 5.41) is 2.90. The van der Waals surface area contributed by atoms with Crippen molar-refractivity contribution < 1.29 is 0 Å². The first-order valence-corrected chi connectivity index (χ1v) is 2.84. The number of hydrogen-bond donors (Lipinski definition) is 1. The lowest BCUT2D eigenvalue weighted by Crippen LogP contribution is -2.02. The summed E-state index contributed by atoms with van der Waals surface area (Å²) in [5.41, 5.74) is 0. The fourth-order valence-corrected chi connectivity index (χ4v) is 0.442. The van der Waals surface area contributed by atoms with E-state index in [9.17, 15) is 0 Å². The number of rotatable bonds is 3. The molecule has 0 saturated heterocycles. The van der Waals surface area contributed by atoms with Gasteiger partial charge in [0.1, 0.15) is 5.82 Å². The van der Waals surface area contributed by atoms with Crippen molar-refractivity contribution in [2.45, 2.75) is 6.92 Å². The van der Waals surface area contributed by atoms with Crippen LogP contribution in [0.1, 0.15) is 6.92 Å². The zero-order chi connectivity index (χ0) is 7.11. The Morgan fingerprint density at radius 3 is 2.67 bits per heavy atom. The molecule has 0 aromatic carbocycles. The highest BCUT2D eigenvalue weighted by atomic mass is 15.0. The molecule has 0 radical (unpaired) electrons. The summed E-state index contributed by atoms with van der Waals surface area (Å²) in [5.74, 6) is 0.826. The molecule has 50 valence electrons. The summed E-state index contributed by atoms with van der Waals surface area (Å²) in [6, 6.07) is 0. The first-order valence-electron chi connectivity index (χ1n) is 2.84. The van der Waals surface area contributed by atoms with Crippen LogP contribution in [0.15, 0.2) is 29.5 Å². The molecule has 0 aliphatic rings. The van der Waals surface area contributed by atoms with Crippen LogP contribution < -0.4 is 5.32 Å². The van der Waals surface area contributed by atoms with Crippen LogP contribution in [0.25, 0.3) is 0 Å². The fraction of sp³-hybridized carbons (Fsp3) is 0.286. The van der Waals surface area contributed by atoms with Gasteiger partial charge in [0.05, 0.1) is 0 Å². The van der Waals surface area contributed by atoms with Gasteiger partial charge in [-0.15, -0.1) is 0 Å². The molecule has 0 aliphatic heterocycles. The standard InChI is InChI=1S/C7H12N2/c1-4-6-7(8-3)9-5-2/h4-6,8H,1H2,2-3H3/b7-6-,9-5-. The molecule has 0 saturated carbocycles. The number of allylic oxidation sites excluding steroid dienone is 2. The second-order valence-corrected chi connectivity index (χ2v) is 1.42. The van der Waals surface area contributed by atoms with Crippen molar-refractivity contribution in [3.05, 3.63) is 24.6 Å². The highest BCUT2D eigenvalue weighted by Gasteiger charge is 1.79. The van der Waals surface area contributed by atoms with Crippen molar-refractivity contribution >= 4 is 6.21 Å². The topological polar surface area (TPSA) is 24.4 Å². The average Bonchev–Trinajstić information content (AvgIpc) is 1.88. The van der Waals surface area contributed by atoms with Crippen LogP contribution >= 0.6 is 0 Å². The largest absolute Gasteiger partial charge is 0.373 e. The van der Waals surface area contributed by atoms with Gasteiger partial charge in [0.15, 0.2) is 0 Å². The summed E-state index contributed by atoms with van der Waals surface area (Å²) in [6.45, 7) is 5.41. The Hall–Kier alpha value is -1.05. The summed E-state index contributed by atoms with van der Waals surface area (Å²) in [7, 11) is 1.82. The van der Waals surface area contributed by atoms with Gasteiger partial charge in [-0.05, 0) is 13.0 Å². The number of nitrogens with one attached hydrogen (secondary N) is 1. The molecule has 0 aromatic rings. The highest BCUT2D eigenvalue weighted by molar-refractivity contribution is 5.55. The summed E-state index contributed by atoms with van der Waals surface area (Å²) >= 11 is 0. The molecule has 0 rings (SSSR count). The maximum absolute atomic E-state index is 3.99. The number of nitrogens with zero attached hydrogens (tertiary/aromatic N) is 1. The van der Waals surface area contributed by atoms with Gasteiger partial charge in [0, 0.05) is 13.3 Å². The third-order valence-electron chi connectivity index (χ3n) is 0.800. The van der Waals surface area contributed by atoms with E-state index in [1.807, 2.05) is 14.0 Å². The van der Waals surface area contributed by atoms with Crippen molar-refractivity contribution in [3.8, 4) is 0 Å². The molecule has 0 bridgehead atoms. The normalized spacial score (nSPS) is 12.0. The summed E-state index contributed by atoms with van der Waals surface area (Å²) in [6.07, 6.45) is 5.23. The van der Waals surface area contributed by atoms with Gasteiger partial charge < -0.3 is 5.32 Å². The van der Waals surface area contributed by atoms with Gasteiger partial charge in [0.2, 0.25) is 0 Å². The van der Waals surface area contributed by atoms with Crippen molar-refractivity contribution in [1.29, 1.82) is 0 Å². The Morgan fingerprint density at radius 1 is 1.67 bits per heavy atom. The van der Waals surface area contributed by atoms with Gasteiger partial charge in [0.25, 0.3) is 0 Å². The molecule has 0 spiro atoms. The van der Waals surface area contributed by atoms with Crippen LogP contribution in [0, 0.1) is 0 Å². The second kappa shape index (κ2) is 5.09. The zero-order valence-electron chi connectivity index (χ0n) is 5.89. The molecule has 0 aliphatic carbocycles. The van der Waals surface area contributed by atoms with Crippen LogP contribution in [0.2, 0.25) is 0 Å². The minimum atomic E-state index is 0.826. The zero-order valence-corrected chi connectivity index (χ0v) is 5.89. The van der Waals surface area contributed by atoms with Crippen molar-refractivity contribution in [3.63, 3.8) is 0 Å². The molecule has 0 amide bonds. The van der Waals surface area contributed by atoms with Crippen LogP contribution in [-0.2, 0) is 0 Å². The molecule has 2 heteroatoms. The molecule has 0 unspecified atom stereocenters. The number of hydrogen-bond acceptors (Lipinski definition) is 2. The molecule has 0 fully saturated rings. The van der Waals surface area contributed by atoms with Gasteiger partial charge in [-0.3, -0.25) is 0 Å². The molecule has 0 atom stereocenters. The van der Waals surface area contributed by atoms with Gasteiger partial charge in [-0.25, -0.2) is 4.99 Å². The Balaban J connectivity index is 3.96. The quantitative estimate of drug-likeness (QED) is 0.445. The van der Waals surface area contributed by atoms with Gasteiger partial charge in [-0.1, -0.05) is 12.7 Å². The third kappa shape index (κ3) is 3.53. The Bertz CT molecular complexity index is 134. The monoisotopic (exact) mass is 124 g/mol. The molecule has 0 heterocycles. The minimum Gasteiger partial charge on any atom is -0.373 e. The van der Waals surface area contributed by atoms with Crippen LogP contribution in [0.5, 0.6) is 0 Å². The summed E-state index contributed by atoms with van der Waals surface area (Å²) in [4.78, 5) is 3.99. The molecular formula is C7H12N2. The molecule has 2 nitrogen and oxygen atoms in total. The van der Waals surface area contributed by atoms with Crippen LogP contribution in [-0.4, -0.2) is 13.3 Å². The van der Waals surface area contributed by atoms with E-state index in [-0.39, 0.29) is 0 Å². The molecule has 1 N–H and O–H groups in total. The van der Waals surface area contributed by atoms with E-state index in [2.05, 4.69) is 16.9 Å². The maximum atomic E-state index is 3.99. The molecule has 9 heavy (non-hydrogen) atoms.